The Kier molecular flexibility index (Phi) is 6.14. The first-order valence-electron chi connectivity index (χ1n) is 5.91. The fourth-order valence-electron chi connectivity index (χ4n) is 1.53. The van der Waals surface area contributed by atoms with Gasteiger partial charge in [0.15, 0.2) is 0 Å². The van der Waals surface area contributed by atoms with Crippen LogP contribution in [-0.4, -0.2) is 36.5 Å². The van der Waals surface area contributed by atoms with Gasteiger partial charge in [-0.3, -0.25) is 9.59 Å². The summed E-state index contributed by atoms with van der Waals surface area (Å²) >= 11 is 5.28. The zero-order valence-electron chi connectivity index (χ0n) is 10.7. The molecule has 0 aliphatic carbocycles. The quantitative estimate of drug-likeness (QED) is 0.570. The van der Waals surface area contributed by atoms with Crippen LogP contribution in [0.2, 0.25) is 0 Å². The molecule has 1 rings (SSSR count). The van der Waals surface area contributed by atoms with Gasteiger partial charge in [0.2, 0.25) is 0 Å². The van der Waals surface area contributed by atoms with Crippen molar-refractivity contribution in [3.8, 4) is 0 Å². The number of amides is 1. The Balaban J connectivity index is 3.02. The number of carbonyl (C=O) groups excluding carboxylic acids is 2. The third-order valence-corrected chi connectivity index (χ3v) is 2.93. The molecule has 1 aromatic carbocycles. The van der Waals surface area contributed by atoms with Gasteiger partial charge in [0, 0.05) is 18.7 Å². The number of alkyl halides is 5. The second-order valence-corrected chi connectivity index (χ2v) is 4.41. The Morgan fingerprint density at radius 2 is 1.76 bits per heavy atom. The number of carbonyl (C=O) groups is 2. The molecular weight excluding hydrogens is 314 g/mol. The molecule has 0 heterocycles. The molecule has 1 amide bonds. The highest BCUT2D eigenvalue weighted by Gasteiger charge is 2.51. The van der Waals surface area contributed by atoms with Gasteiger partial charge in [0.05, 0.1) is 5.88 Å². The number of Topliss-reactive ketones (excluding diaryl/α,β-unsaturated/α-hetero) is 1. The highest BCUT2D eigenvalue weighted by atomic mass is 35.5. The van der Waals surface area contributed by atoms with E-state index in [0.29, 0.717) is 4.90 Å². The van der Waals surface area contributed by atoms with E-state index >= 15 is 0 Å². The second-order valence-electron chi connectivity index (χ2n) is 4.14. The molecule has 21 heavy (non-hydrogen) atoms. The standard InChI is InChI=1S/C13H12ClF4NO2/c14-8-10(20)6-7-19(9-4-2-1-3-5-9)12(21)13(17,18)11(15)16/h1-5,11H,6-8H2. The Bertz CT molecular complexity index is 496. The van der Waals surface area contributed by atoms with E-state index in [1.165, 1.54) is 24.3 Å². The normalized spacial score (nSPS) is 11.5. The SMILES string of the molecule is O=C(CCl)CCN(C(=O)C(F)(F)C(F)F)c1ccccc1. The van der Waals surface area contributed by atoms with Crippen LogP contribution in [0.15, 0.2) is 30.3 Å². The maximum absolute atomic E-state index is 13.2. The average molecular weight is 326 g/mol. The highest BCUT2D eigenvalue weighted by Crippen LogP contribution is 2.28. The van der Waals surface area contributed by atoms with Crippen LogP contribution in [0.3, 0.4) is 0 Å². The van der Waals surface area contributed by atoms with E-state index in [4.69, 9.17) is 11.6 Å². The van der Waals surface area contributed by atoms with E-state index in [-0.39, 0.29) is 18.0 Å². The van der Waals surface area contributed by atoms with Crippen molar-refractivity contribution in [2.45, 2.75) is 18.8 Å². The molecule has 8 heteroatoms. The zero-order chi connectivity index (χ0) is 16.0. The van der Waals surface area contributed by atoms with Crippen molar-refractivity contribution >= 4 is 29.0 Å². The van der Waals surface area contributed by atoms with Gasteiger partial charge in [0.25, 0.3) is 0 Å². The molecule has 0 N–H and O–H groups in total. The van der Waals surface area contributed by atoms with Gasteiger partial charge in [0.1, 0.15) is 5.78 Å². The van der Waals surface area contributed by atoms with Crippen molar-refractivity contribution in [1.82, 2.24) is 0 Å². The fraction of sp³-hybridized carbons (Fsp3) is 0.385. The van der Waals surface area contributed by atoms with Crippen molar-refractivity contribution in [3.05, 3.63) is 30.3 Å². The lowest BCUT2D eigenvalue weighted by atomic mass is 10.2. The minimum Gasteiger partial charge on any atom is -0.307 e. The minimum absolute atomic E-state index is 0.00481. The van der Waals surface area contributed by atoms with Gasteiger partial charge in [-0.05, 0) is 12.1 Å². The molecule has 0 unspecified atom stereocenters. The summed E-state index contributed by atoms with van der Waals surface area (Å²) in [6.45, 7) is -0.448. The number of hydrogen-bond acceptors (Lipinski definition) is 2. The largest absolute Gasteiger partial charge is 0.384 e. The predicted molar refractivity (Wildman–Crippen MR) is 70.1 cm³/mol. The predicted octanol–water partition coefficient (Wildman–Crippen LogP) is 3.12. The molecule has 0 radical (unpaired) electrons. The van der Waals surface area contributed by atoms with Crippen molar-refractivity contribution < 1.29 is 27.2 Å². The van der Waals surface area contributed by atoms with E-state index in [2.05, 4.69) is 0 Å². The van der Waals surface area contributed by atoms with Crippen LogP contribution in [0.4, 0.5) is 23.2 Å². The molecule has 0 atom stereocenters. The van der Waals surface area contributed by atoms with E-state index in [9.17, 15) is 27.2 Å². The van der Waals surface area contributed by atoms with Gasteiger partial charge in [-0.25, -0.2) is 8.78 Å². The maximum Gasteiger partial charge on any atom is 0.384 e. The number of ketones is 1. The minimum atomic E-state index is -4.82. The number of rotatable bonds is 7. The van der Waals surface area contributed by atoms with Crippen LogP contribution in [0.1, 0.15) is 6.42 Å². The van der Waals surface area contributed by atoms with E-state index in [1.807, 2.05) is 0 Å². The summed E-state index contributed by atoms with van der Waals surface area (Å²) in [6.07, 6.45) is -4.43. The van der Waals surface area contributed by atoms with Crippen molar-refractivity contribution in [1.29, 1.82) is 0 Å². The Morgan fingerprint density at radius 3 is 2.24 bits per heavy atom. The van der Waals surface area contributed by atoms with E-state index in [0.717, 1.165) is 0 Å². The molecule has 1 aromatic rings. The monoisotopic (exact) mass is 325 g/mol. The molecular formula is C13H12ClF4NO2. The number of para-hydroxylation sites is 1. The lowest BCUT2D eigenvalue weighted by Gasteiger charge is -2.26. The summed E-state index contributed by atoms with van der Waals surface area (Å²) in [5.41, 5.74) is 0.00481. The van der Waals surface area contributed by atoms with Crippen LogP contribution in [0.25, 0.3) is 0 Å². The summed E-state index contributed by atoms with van der Waals surface area (Å²) in [6, 6.07) is 7.11. The smallest absolute Gasteiger partial charge is 0.307 e. The average Bonchev–Trinajstić information content (AvgIpc) is 2.47. The number of halogens is 5. The molecule has 0 saturated heterocycles. The Labute approximate surface area is 123 Å². The first-order valence-corrected chi connectivity index (χ1v) is 6.44. The van der Waals surface area contributed by atoms with Crippen LogP contribution in [0, 0.1) is 0 Å². The van der Waals surface area contributed by atoms with E-state index < -0.39 is 30.6 Å². The van der Waals surface area contributed by atoms with Gasteiger partial charge < -0.3 is 4.90 Å². The number of hydrogen-bond donors (Lipinski definition) is 0. The van der Waals surface area contributed by atoms with Crippen molar-refractivity contribution in [3.63, 3.8) is 0 Å². The van der Waals surface area contributed by atoms with Gasteiger partial charge in [-0.1, -0.05) is 18.2 Å². The number of benzene rings is 1. The van der Waals surface area contributed by atoms with E-state index in [1.54, 1.807) is 6.07 Å². The third kappa shape index (κ3) is 4.42. The highest BCUT2D eigenvalue weighted by molar-refractivity contribution is 6.27. The molecule has 0 bridgehead atoms. The molecule has 116 valence electrons. The summed E-state index contributed by atoms with van der Waals surface area (Å²) in [7, 11) is 0. The molecule has 0 aromatic heterocycles. The summed E-state index contributed by atoms with van der Waals surface area (Å²) in [4.78, 5) is 23.3. The molecule has 0 fully saturated rings. The third-order valence-electron chi connectivity index (χ3n) is 2.64. The number of nitrogens with zero attached hydrogens (tertiary/aromatic N) is 1. The van der Waals surface area contributed by atoms with Crippen LogP contribution < -0.4 is 4.90 Å². The molecule has 0 spiro atoms. The van der Waals surface area contributed by atoms with Gasteiger partial charge in [-0.2, -0.15) is 8.78 Å². The lowest BCUT2D eigenvalue weighted by molar-refractivity contribution is -0.166. The maximum atomic E-state index is 13.2. The summed E-state index contributed by atoms with van der Waals surface area (Å²) in [5.74, 6) is -7.70. The first-order chi connectivity index (χ1) is 9.80. The number of anilines is 1. The summed E-state index contributed by atoms with van der Waals surface area (Å²) in [5, 5.41) is 0. The zero-order valence-corrected chi connectivity index (χ0v) is 11.5. The second kappa shape index (κ2) is 7.40. The molecule has 0 aliphatic rings. The lowest BCUT2D eigenvalue weighted by Crippen LogP contribution is -2.48. The first kappa shape index (κ1) is 17.4. The topological polar surface area (TPSA) is 37.4 Å². The fourth-order valence-corrected chi connectivity index (χ4v) is 1.67. The van der Waals surface area contributed by atoms with Gasteiger partial charge >= 0.3 is 18.3 Å². The van der Waals surface area contributed by atoms with Crippen molar-refractivity contribution in [2.75, 3.05) is 17.3 Å². The van der Waals surface area contributed by atoms with Crippen LogP contribution in [0.5, 0.6) is 0 Å². The Morgan fingerprint density at radius 1 is 1.19 bits per heavy atom. The van der Waals surface area contributed by atoms with Crippen LogP contribution in [-0.2, 0) is 9.59 Å². The molecule has 0 saturated carbocycles. The molecule has 0 aliphatic heterocycles. The van der Waals surface area contributed by atoms with Crippen molar-refractivity contribution in [2.24, 2.45) is 0 Å². The van der Waals surface area contributed by atoms with Crippen LogP contribution >= 0.6 is 11.6 Å². The summed E-state index contributed by atoms with van der Waals surface area (Å²) < 4.78 is 51.1. The molecule has 3 nitrogen and oxygen atoms in total. The van der Waals surface area contributed by atoms with Gasteiger partial charge in [-0.15, -0.1) is 11.6 Å². The Hall–Kier alpha value is -1.63.